The maximum Gasteiger partial charge on any atom is 1.00 e. The van der Waals surface area contributed by atoms with Gasteiger partial charge in [-0.05, 0) is 112 Å². The number of hydrogen-bond acceptors (Lipinski definition) is 21. The Bertz CT molecular complexity index is 3090. The molecule has 513 valence electrons. The van der Waals surface area contributed by atoms with Gasteiger partial charge in [-0.3, -0.25) is 35.3 Å². The Morgan fingerprint density at radius 2 is 0.779 bits per heavy atom. The van der Waals surface area contributed by atoms with Crippen molar-refractivity contribution >= 4 is 79.3 Å². The maximum atomic E-state index is 12.3. The summed E-state index contributed by atoms with van der Waals surface area (Å²) < 4.78 is 31.5. The first-order chi connectivity index (χ1) is 44.6. The molecule has 0 unspecified atom stereocenters. The molecular weight excluding hydrogens is 1240 g/mol. The summed E-state index contributed by atoms with van der Waals surface area (Å²) in [4.78, 5) is 116. The minimum Gasteiger partial charge on any atom is -0.793 e. The normalized spacial score (nSPS) is 20.2. The number of nitrogens with zero attached hydrogens (tertiary/aromatic N) is 4. The molecule has 0 saturated carbocycles. The second kappa shape index (κ2) is 35.3. The van der Waals surface area contributed by atoms with Crippen molar-refractivity contribution in [3.63, 3.8) is 0 Å². The Hall–Kier alpha value is -7.01. The van der Waals surface area contributed by atoms with Crippen molar-refractivity contribution in [3.8, 4) is 0 Å². The average molecular weight is 1330 g/mol. The van der Waals surface area contributed by atoms with E-state index in [9.17, 15) is 43.2 Å². The Labute approximate surface area is 580 Å². The Kier molecular flexibility index (Phi) is 28.6. The fourth-order valence-electron chi connectivity index (χ4n) is 12.8. The van der Waals surface area contributed by atoms with Gasteiger partial charge in [0.05, 0.1) is 17.1 Å². The molecule has 12 rings (SSSR count). The molecule has 9 heterocycles. The van der Waals surface area contributed by atoms with Crippen LogP contribution in [0.25, 0.3) is 0 Å². The van der Waals surface area contributed by atoms with Crippen LogP contribution in [0.3, 0.4) is 0 Å². The zero-order valence-electron chi connectivity index (χ0n) is 56.9. The number of rotatable bonds is 2. The third kappa shape index (κ3) is 22.8. The molecule has 6 saturated heterocycles. The van der Waals surface area contributed by atoms with Crippen LogP contribution in [-0.2, 0) is 74.1 Å². The predicted molar refractivity (Wildman–Crippen MR) is 348 cm³/mol. The van der Waals surface area contributed by atoms with Gasteiger partial charge in [0.15, 0.2) is 0 Å². The van der Waals surface area contributed by atoms with E-state index in [0.717, 1.165) is 164 Å². The van der Waals surface area contributed by atoms with Gasteiger partial charge in [0.25, 0.3) is 0 Å². The molecule has 0 aliphatic carbocycles. The third-order valence-electron chi connectivity index (χ3n) is 17.3. The zero-order valence-corrected chi connectivity index (χ0v) is 58.9. The molecule has 0 bridgehead atoms. The van der Waals surface area contributed by atoms with Crippen molar-refractivity contribution < 1.29 is 111 Å². The van der Waals surface area contributed by atoms with Gasteiger partial charge in [0, 0.05) is 153 Å². The fourth-order valence-corrected chi connectivity index (χ4v) is 12.8. The van der Waals surface area contributed by atoms with Crippen molar-refractivity contribution in [1.29, 1.82) is 0 Å². The first-order valence-corrected chi connectivity index (χ1v) is 32.5. The van der Waals surface area contributed by atoms with E-state index in [2.05, 4.69) is 71.0 Å². The fraction of sp³-hybridized carbons (Fsp3) is 0.597. The van der Waals surface area contributed by atoms with E-state index < -0.39 is 45.9 Å². The molecule has 28 heteroatoms. The number of ether oxygens (including phenoxy) is 5. The van der Waals surface area contributed by atoms with Crippen LogP contribution < -0.4 is 56.1 Å². The largest absolute Gasteiger partial charge is 1.00 e. The quantitative estimate of drug-likeness (QED) is 0.0812. The number of fused-ring (bicyclic) bond motifs is 6. The Balaban J connectivity index is 0.000000193. The molecule has 3 aromatic carbocycles. The van der Waals surface area contributed by atoms with Crippen LogP contribution in [0.15, 0.2) is 72.8 Å². The summed E-state index contributed by atoms with van der Waals surface area (Å²) in [6.45, 7) is 25.0. The number of ketones is 1. The van der Waals surface area contributed by atoms with Gasteiger partial charge >= 0.3 is 72.0 Å². The molecule has 6 fully saturated rings. The number of nitrogens with one attached hydrogen (secondary N) is 5. The van der Waals surface area contributed by atoms with Crippen LogP contribution >= 0.6 is 0 Å². The summed E-state index contributed by atoms with van der Waals surface area (Å²) in [5, 5.41) is 15.1. The predicted octanol–water partition coefficient (Wildman–Crippen LogP) is 6.31. The van der Waals surface area contributed by atoms with Crippen molar-refractivity contribution in [2.75, 3.05) is 94.5 Å². The van der Waals surface area contributed by atoms with Crippen LogP contribution in [0, 0.1) is 0 Å². The number of anilines is 3. The van der Waals surface area contributed by atoms with E-state index in [1.807, 2.05) is 107 Å². The Morgan fingerprint density at radius 3 is 1.12 bits per heavy atom. The summed E-state index contributed by atoms with van der Waals surface area (Å²) in [6.07, 6.45) is 8.79. The minimum absolute atomic E-state index is 0. The van der Waals surface area contributed by atoms with Crippen LogP contribution in [0.5, 0.6) is 0 Å². The molecule has 3 spiro atoms. The van der Waals surface area contributed by atoms with Crippen LogP contribution in [0.1, 0.15) is 156 Å². The van der Waals surface area contributed by atoms with Crippen molar-refractivity contribution in [1.82, 2.24) is 30.2 Å². The van der Waals surface area contributed by atoms with Gasteiger partial charge in [-0.15, -0.1) is 0 Å². The van der Waals surface area contributed by atoms with E-state index in [0.29, 0.717) is 38.0 Å². The molecule has 5 N–H and O–H groups in total. The van der Waals surface area contributed by atoms with E-state index in [4.69, 9.17) is 23.7 Å². The van der Waals surface area contributed by atoms with E-state index in [-0.39, 0.29) is 65.8 Å². The molecular formula is C67H94BN9NaO17. The molecule has 95 heavy (non-hydrogen) atoms. The molecule has 3 radical (unpaired) electrons. The monoisotopic (exact) mass is 1330 g/mol. The number of piperidine rings is 6. The molecule has 26 nitrogen and oxygen atoms in total. The van der Waals surface area contributed by atoms with Crippen molar-refractivity contribution in [2.24, 2.45) is 0 Å². The van der Waals surface area contributed by atoms with Gasteiger partial charge in [0.2, 0.25) is 5.97 Å². The molecule has 3 aromatic rings. The molecule has 0 atom stereocenters. The van der Waals surface area contributed by atoms with Gasteiger partial charge in [-0.2, -0.15) is 0 Å². The first kappa shape index (κ1) is 77.0. The summed E-state index contributed by atoms with van der Waals surface area (Å²) in [5.74, 6) is -1.52. The molecule has 5 amide bonds. The summed E-state index contributed by atoms with van der Waals surface area (Å²) in [5.41, 5.74) is 3.71. The van der Waals surface area contributed by atoms with Crippen LogP contribution in [0.4, 0.5) is 41.0 Å². The first-order valence-electron chi connectivity index (χ1n) is 32.5. The summed E-state index contributed by atoms with van der Waals surface area (Å²) >= 11 is 0. The number of para-hydroxylation sites is 3. The number of amides is 5. The summed E-state index contributed by atoms with van der Waals surface area (Å²) in [6, 6.07) is 25.0. The molecule has 9 aliphatic rings. The number of carbonyl (C=O) groups is 9. The number of Topliss-reactive ketones (excluding diaryl/α,β-unsaturated/α-hetero) is 1. The second-order valence-electron chi connectivity index (χ2n) is 26.4. The minimum atomic E-state index is -0.639. The Morgan fingerprint density at radius 1 is 0.463 bits per heavy atom. The van der Waals surface area contributed by atoms with Gasteiger partial charge in [-0.25, -0.2) is 43.3 Å². The number of benzene rings is 3. The maximum absolute atomic E-state index is 12.3. The molecule has 0 aromatic heterocycles. The average Bonchev–Trinajstić information content (AvgIpc) is 0.774. The van der Waals surface area contributed by atoms with Gasteiger partial charge < -0.3 is 56.8 Å². The molecule has 9 aliphatic heterocycles. The van der Waals surface area contributed by atoms with Crippen LogP contribution in [-0.4, -0.2) is 184 Å². The topological polar surface area (TPSA) is 301 Å². The van der Waals surface area contributed by atoms with Crippen molar-refractivity contribution in [3.05, 3.63) is 89.5 Å². The van der Waals surface area contributed by atoms with E-state index in [1.165, 1.54) is 19.8 Å². The smallest absolute Gasteiger partial charge is 0.793 e. The van der Waals surface area contributed by atoms with Crippen molar-refractivity contribution in [2.45, 2.75) is 179 Å². The number of carbonyl (C=O) groups excluding carboxylic acids is 9. The SMILES string of the molecule is CC(=O)OOC(C)=O.CC(C)(C)OC(=O)N1CCC(=O)CC1.CC(C)(C)OC(=O)N1CCC(N2CCC3(CC2)OC(=O)Nc2ccccc23)CC1.O=C1Nc2ccccc2C2(CCN(C3CCNCC3)CC2)O1.O=C1Nc2ccccc2C2(CCNCC2)O1.[B-]OC(C)=O.[Na+]. The number of likely N-dealkylation sites (tertiary alicyclic amines) is 4. The third-order valence-corrected chi connectivity index (χ3v) is 17.3. The van der Waals surface area contributed by atoms with Gasteiger partial charge in [-0.1, -0.05) is 54.6 Å². The second-order valence-corrected chi connectivity index (χ2v) is 26.4. The van der Waals surface area contributed by atoms with Crippen LogP contribution in [0.2, 0.25) is 0 Å². The van der Waals surface area contributed by atoms with E-state index >= 15 is 0 Å². The van der Waals surface area contributed by atoms with E-state index in [1.54, 1.807) is 4.90 Å². The van der Waals surface area contributed by atoms with Gasteiger partial charge in [0.1, 0.15) is 33.8 Å². The summed E-state index contributed by atoms with van der Waals surface area (Å²) in [7, 11) is 4.32. The number of hydrogen-bond donors (Lipinski definition) is 5. The standard InChI is InChI=1S/C22H31N3O4.C17H23N3O2.C12H14N2O2.C10H17NO3.C4H6O4.C2H3BO2.Na/c1-21(2,3)29-20(27)25-12-8-16(9-13-25)24-14-10-22(11-15-24)17-6-4-5-7-18(17)23-19(26)28-22;21-16-19-15-4-2-1-3-14(15)17(22-16)7-11-20(12-8-17)13-5-9-18-10-6-13;15-11-14-10-4-2-1-3-9(10)12(16-11)5-7-13-8-6-12;1-10(2,3)14-9(13)11-6-4-8(12)5-7-11;1-3(5)7-8-4(2)6;1-2(4)5-3;/h4-7,16H,8-15H2,1-3H3,(H,23,26);1-4,13,18H,5-12H2,(H,19,21);1-4,13H,5-8H2,(H,14,15);4-7H2,1-3H3;1-2H3;1H3;/q;;;;;-1;+1. The zero-order chi connectivity index (χ0) is 68.3.